The number of para-hydroxylation sites is 1. The van der Waals surface area contributed by atoms with Crippen molar-refractivity contribution < 1.29 is 38.1 Å². The normalized spacial score (nSPS) is 23.4. The molecule has 0 spiro atoms. The predicted octanol–water partition coefficient (Wildman–Crippen LogP) is 2.19. The first-order valence-electron chi connectivity index (χ1n) is 12.9. The monoisotopic (exact) mass is 578 g/mol. The Morgan fingerprint density at radius 3 is 2.55 bits per heavy atom. The molecule has 14 nitrogen and oxygen atoms in total. The van der Waals surface area contributed by atoms with Crippen molar-refractivity contribution in [1.82, 2.24) is 24.6 Å². The molecule has 40 heavy (non-hydrogen) atoms. The highest BCUT2D eigenvalue weighted by atomic mass is 31.2. The van der Waals surface area contributed by atoms with Gasteiger partial charge in [-0.25, -0.2) is 19.5 Å². The molecule has 1 aromatic carbocycles. The quantitative estimate of drug-likeness (QED) is 0.181. The smallest absolute Gasteiger partial charge is 0.459 e. The van der Waals surface area contributed by atoms with Gasteiger partial charge < -0.3 is 29.9 Å². The lowest BCUT2D eigenvalue weighted by molar-refractivity contribution is -0.150. The number of nitrogens with two attached hydrogens (primary N) is 1. The summed E-state index contributed by atoms with van der Waals surface area (Å²) in [6.45, 7) is 6.79. The van der Waals surface area contributed by atoms with Crippen molar-refractivity contribution in [3.8, 4) is 5.75 Å². The molecule has 1 saturated heterocycles. The van der Waals surface area contributed by atoms with Gasteiger partial charge in [-0.3, -0.25) is 13.9 Å². The van der Waals surface area contributed by atoms with Crippen molar-refractivity contribution in [1.29, 1.82) is 0 Å². The van der Waals surface area contributed by atoms with E-state index in [2.05, 4.69) is 20.0 Å². The number of nitrogens with zero attached hydrogens (tertiary/aromatic N) is 4. The number of nitrogen functional groups attached to an aromatic ring is 1. The zero-order valence-corrected chi connectivity index (χ0v) is 23.5. The van der Waals surface area contributed by atoms with Gasteiger partial charge in [-0.05, 0) is 38.3 Å². The van der Waals surface area contributed by atoms with Crippen LogP contribution < -0.4 is 15.3 Å². The van der Waals surface area contributed by atoms with Gasteiger partial charge in [0.1, 0.15) is 41.9 Å². The second-order valence-corrected chi connectivity index (χ2v) is 11.8. The first-order chi connectivity index (χ1) is 19.0. The first-order valence-corrected chi connectivity index (χ1v) is 14.4. The molecule has 5 N–H and O–H groups in total. The van der Waals surface area contributed by atoms with Crippen LogP contribution in [0.2, 0.25) is 0 Å². The van der Waals surface area contributed by atoms with E-state index in [0.29, 0.717) is 17.6 Å². The number of carbonyl (C=O) groups is 1. The van der Waals surface area contributed by atoms with Crippen molar-refractivity contribution in [3.05, 3.63) is 43.0 Å². The molecule has 1 unspecified atom stereocenters. The molecule has 6 atom stereocenters. The van der Waals surface area contributed by atoms with E-state index in [4.69, 9.17) is 24.3 Å². The SMILES string of the molecule is CC(C)C[C@H](NP(=O)(OC[C@H]1O[C@@H](n2cnc3c(N)ncnc32)[C@@H](O)[C@@H]1O)Oc1ccccc1)C(=O)OC(C)C. The Kier molecular flexibility index (Phi) is 9.39. The van der Waals surface area contributed by atoms with Crippen molar-refractivity contribution in [2.75, 3.05) is 12.3 Å². The van der Waals surface area contributed by atoms with Gasteiger partial charge in [-0.2, -0.15) is 5.09 Å². The van der Waals surface area contributed by atoms with E-state index in [1.54, 1.807) is 44.2 Å². The van der Waals surface area contributed by atoms with Crippen LogP contribution in [0.4, 0.5) is 5.82 Å². The van der Waals surface area contributed by atoms with Crippen LogP contribution in [0.15, 0.2) is 43.0 Å². The number of aliphatic hydroxyl groups excluding tert-OH is 2. The molecular formula is C25H35N6O8P. The average molecular weight is 579 g/mol. The number of aliphatic hydroxyl groups is 2. The number of nitrogens with one attached hydrogen (secondary N) is 1. The Morgan fingerprint density at radius 1 is 1.15 bits per heavy atom. The van der Waals surface area contributed by atoms with E-state index in [1.807, 2.05) is 13.8 Å². The number of anilines is 1. The molecule has 0 amide bonds. The molecule has 1 fully saturated rings. The fraction of sp³-hybridized carbons (Fsp3) is 0.520. The topological polar surface area (TPSA) is 193 Å². The maximum absolute atomic E-state index is 14.0. The number of hydrogen-bond donors (Lipinski definition) is 4. The number of ether oxygens (including phenoxy) is 2. The van der Waals surface area contributed by atoms with Crippen LogP contribution in [0.3, 0.4) is 0 Å². The lowest BCUT2D eigenvalue weighted by Crippen LogP contribution is -2.40. The molecule has 1 aliphatic heterocycles. The maximum atomic E-state index is 14.0. The van der Waals surface area contributed by atoms with E-state index in [-0.39, 0.29) is 23.6 Å². The van der Waals surface area contributed by atoms with E-state index in [9.17, 15) is 19.6 Å². The minimum absolute atomic E-state index is 0.0427. The summed E-state index contributed by atoms with van der Waals surface area (Å²) in [4.78, 5) is 25.0. The number of hydrogen-bond acceptors (Lipinski definition) is 12. The molecule has 1 aliphatic rings. The second-order valence-electron chi connectivity index (χ2n) is 10.1. The van der Waals surface area contributed by atoms with Gasteiger partial charge in [0, 0.05) is 0 Å². The van der Waals surface area contributed by atoms with Crippen LogP contribution in [0.5, 0.6) is 5.75 Å². The van der Waals surface area contributed by atoms with Gasteiger partial charge in [0.15, 0.2) is 17.7 Å². The number of rotatable bonds is 12. The van der Waals surface area contributed by atoms with E-state index < -0.39 is 50.9 Å². The predicted molar refractivity (Wildman–Crippen MR) is 144 cm³/mol. The van der Waals surface area contributed by atoms with Crippen LogP contribution in [0.1, 0.15) is 40.3 Å². The Balaban J connectivity index is 1.54. The number of benzene rings is 1. The Bertz CT molecular complexity index is 1340. The van der Waals surface area contributed by atoms with E-state index >= 15 is 0 Å². The summed E-state index contributed by atoms with van der Waals surface area (Å²) in [7, 11) is -4.25. The van der Waals surface area contributed by atoms with Gasteiger partial charge in [-0.1, -0.05) is 32.0 Å². The summed E-state index contributed by atoms with van der Waals surface area (Å²) in [5.41, 5.74) is 6.45. The highest BCUT2D eigenvalue weighted by Gasteiger charge is 2.46. The van der Waals surface area contributed by atoms with E-state index in [0.717, 1.165) is 0 Å². The largest absolute Gasteiger partial charge is 0.462 e. The average Bonchev–Trinajstić information content (AvgIpc) is 3.44. The fourth-order valence-electron chi connectivity index (χ4n) is 4.21. The molecule has 218 valence electrons. The van der Waals surface area contributed by atoms with Crippen LogP contribution in [0.25, 0.3) is 11.2 Å². The van der Waals surface area contributed by atoms with Crippen LogP contribution in [0, 0.1) is 5.92 Å². The summed E-state index contributed by atoms with van der Waals surface area (Å²) in [6, 6.07) is 7.30. The van der Waals surface area contributed by atoms with Crippen molar-refractivity contribution in [2.24, 2.45) is 5.92 Å². The lowest BCUT2D eigenvalue weighted by Gasteiger charge is -2.27. The summed E-state index contributed by atoms with van der Waals surface area (Å²) >= 11 is 0. The molecule has 0 saturated carbocycles. The first kappa shape index (κ1) is 29.8. The molecule has 0 bridgehead atoms. The Hall–Kier alpha value is -3.13. The molecule has 3 heterocycles. The summed E-state index contributed by atoms with van der Waals surface area (Å²) in [5, 5.41) is 24.2. The van der Waals surface area contributed by atoms with Gasteiger partial charge in [0.05, 0.1) is 19.0 Å². The van der Waals surface area contributed by atoms with Crippen molar-refractivity contribution in [2.45, 2.75) is 70.8 Å². The molecule has 0 radical (unpaired) electrons. The molecule has 4 rings (SSSR count). The third kappa shape index (κ3) is 6.95. The van der Waals surface area contributed by atoms with Gasteiger partial charge in [-0.15, -0.1) is 0 Å². The maximum Gasteiger partial charge on any atom is 0.459 e. The molecule has 15 heteroatoms. The minimum atomic E-state index is -4.25. The zero-order chi connectivity index (χ0) is 29.0. The second kappa shape index (κ2) is 12.6. The van der Waals surface area contributed by atoms with Crippen LogP contribution >= 0.6 is 7.75 Å². The van der Waals surface area contributed by atoms with Gasteiger partial charge >= 0.3 is 13.7 Å². The van der Waals surface area contributed by atoms with Crippen molar-refractivity contribution in [3.63, 3.8) is 0 Å². The highest BCUT2D eigenvalue weighted by molar-refractivity contribution is 7.52. The number of fused-ring (bicyclic) bond motifs is 1. The standard InChI is InChI=1S/C25H35N6O8P/c1-14(2)10-17(25(34)37-15(3)4)30-40(35,39-16-8-6-5-7-9-16)36-11-18-20(32)21(33)24(38-18)31-13-29-19-22(26)27-12-28-23(19)31/h5-9,12-15,17-18,20-21,24,32-33H,10-11H2,1-4H3,(H,30,35)(H2,26,27,28)/t17-,18+,20+,21-,24+,40?/m0/s1. The summed E-state index contributed by atoms with van der Waals surface area (Å²) < 4.78 is 38.1. The molecular weight excluding hydrogens is 543 g/mol. The summed E-state index contributed by atoms with van der Waals surface area (Å²) in [6.07, 6.45) is -2.55. The number of imidazole rings is 1. The van der Waals surface area contributed by atoms with Crippen LogP contribution in [-0.4, -0.2) is 72.8 Å². The Labute approximate surface area is 231 Å². The van der Waals surface area contributed by atoms with E-state index in [1.165, 1.54) is 17.2 Å². The Morgan fingerprint density at radius 2 is 1.88 bits per heavy atom. The third-order valence-electron chi connectivity index (χ3n) is 6.03. The molecule has 3 aromatic rings. The summed E-state index contributed by atoms with van der Waals surface area (Å²) in [5.74, 6) is -0.188. The van der Waals surface area contributed by atoms with Gasteiger partial charge in [0.2, 0.25) is 0 Å². The van der Waals surface area contributed by atoms with Crippen LogP contribution in [-0.2, 0) is 23.4 Å². The van der Waals surface area contributed by atoms with Gasteiger partial charge in [0.25, 0.3) is 0 Å². The fourth-order valence-corrected chi connectivity index (χ4v) is 5.73. The zero-order valence-electron chi connectivity index (χ0n) is 22.7. The molecule has 2 aromatic heterocycles. The lowest BCUT2D eigenvalue weighted by atomic mass is 10.0. The number of esters is 1. The van der Waals surface area contributed by atoms with Crippen molar-refractivity contribution >= 4 is 30.7 Å². The third-order valence-corrected chi connectivity index (χ3v) is 7.60. The minimum Gasteiger partial charge on any atom is -0.462 e. The molecule has 0 aliphatic carbocycles. The number of carbonyl (C=O) groups excluding carboxylic acids is 1. The number of aromatic nitrogens is 4. The highest BCUT2D eigenvalue weighted by Crippen LogP contribution is 2.46.